The maximum absolute atomic E-state index is 12.1. The minimum Gasteiger partial charge on any atom is -0.467 e. The molecule has 27 heavy (non-hydrogen) atoms. The Morgan fingerprint density at radius 3 is 2.52 bits per heavy atom. The standard InChI is InChI=1S/C20H18BrN3O3/c1-13-3-8-17(11-14(13)2)24-20(26)10-9-19(23-24)27-12-18(25)22-16-6-4-15(21)5-7-16/h3-11H,12H2,1-2H3,(H,22,25). The van der Waals surface area contributed by atoms with Crippen LogP contribution in [0.2, 0.25) is 0 Å². The van der Waals surface area contributed by atoms with E-state index in [1.807, 2.05) is 44.2 Å². The first kappa shape index (κ1) is 18.8. The average molecular weight is 428 g/mol. The highest BCUT2D eigenvalue weighted by Crippen LogP contribution is 2.15. The van der Waals surface area contributed by atoms with Gasteiger partial charge >= 0.3 is 0 Å². The van der Waals surface area contributed by atoms with Gasteiger partial charge in [0.2, 0.25) is 5.88 Å². The predicted molar refractivity (Wildman–Crippen MR) is 108 cm³/mol. The predicted octanol–water partition coefficient (Wildman–Crippen LogP) is 3.63. The second kappa shape index (κ2) is 8.18. The molecular weight excluding hydrogens is 410 g/mol. The molecule has 0 bridgehead atoms. The Morgan fingerprint density at radius 2 is 1.81 bits per heavy atom. The third kappa shape index (κ3) is 4.83. The van der Waals surface area contributed by atoms with Gasteiger partial charge in [0.1, 0.15) is 0 Å². The number of ether oxygens (including phenoxy) is 1. The van der Waals surface area contributed by atoms with Crippen LogP contribution in [0.5, 0.6) is 5.88 Å². The molecular formula is C20H18BrN3O3. The lowest BCUT2D eigenvalue weighted by atomic mass is 10.1. The summed E-state index contributed by atoms with van der Waals surface area (Å²) in [5.74, 6) is -0.123. The highest BCUT2D eigenvalue weighted by atomic mass is 79.9. The van der Waals surface area contributed by atoms with Crippen LogP contribution in [0.1, 0.15) is 11.1 Å². The minimum absolute atomic E-state index is 0.193. The molecule has 138 valence electrons. The van der Waals surface area contributed by atoms with Crippen molar-refractivity contribution in [1.82, 2.24) is 9.78 Å². The van der Waals surface area contributed by atoms with E-state index in [2.05, 4.69) is 26.3 Å². The molecule has 0 spiro atoms. The van der Waals surface area contributed by atoms with Crippen LogP contribution in [-0.2, 0) is 4.79 Å². The van der Waals surface area contributed by atoms with Gasteiger partial charge in [-0.3, -0.25) is 9.59 Å². The first-order valence-electron chi connectivity index (χ1n) is 8.28. The number of amides is 1. The lowest BCUT2D eigenvalue weighted by molar-refractivity contribution is -0.118. The van der Waals surface area contributed by atoms with E-state index in [9.17, 15) is 9.59 Å². The smallest absolute Gasteiger partial charge is 0.271 e. The Bertz CT molecular complexity index is 1030. The van der Waals surface area contributed by atoms with Gasteiger partial charge in [-0.1, -0.05) is 22.0 Å². The maximum Gasteiger partial charge on any atom is 0.271 e. The number of anilines is 1. The van der Waals surface area contributed by atoms with Crippen LogP contribution in [0.4, 0.5) is 5.69 Å². The fourth-order valence-corrected chi connectivity index (χ4v) is 2.65. The van der Waals surface area contributed by atoms with Crippen molar-refractivity contribution in [3.05, 3.63) is 80.6 Å². The van der Waals surface area contributed by atoms with Crippen LogP contribution >= 0.6 is 15.9 Å². The summed E-state index contributed by atoms with van der Waals surface area (Å²) in [6.07, 6.45) is 0. The van der Waals surface area contributed by atoms with Crippen molar-refractivity contribution in [2.45, 2.75) is 13.8 Å². The molecule has 1 N–H and O–H groups in total. The molecule has 3 rings (SSSR count). The van der Waals surface area contributed by atoms with Crippen LogP contribution < -0.4 is 15.6 Å². The van der Waals surface area contributed by atoms with Crippen LogP contribution in [0.15, 0.2) is 63.9 Å². The first-order valence-corrected chi connectivity index (χ1v) is 9.08. The molecule has 1 aromatic heterocycles. The molecule has 0 unspecified atom stereocenters. The molecule has 0 saturated carbocycles. The summed E-state index contributed by atoms with van der Waals surface area (Å²) < 4.78 is 7.63. The van der Waals surface area contributed by atoms with Gasteiger partial charge in [0.25, 0.3) is 11.5 Å². The summed E-state index contributed by atoms with van der Waals surface area (Å²) in [6, 6.07) is 15.7. The number of aryl methyl sites for hydroxylation is 2. The molecule has 7 heteroatoms. The molecule has 0 aliphatic rings. The van der Waals surface area contributed by atoms with E-state index in [0.717, 1.165) is 15.6 Å². The van der Waals surface area contributed by atoms with E-state index in [0.29, 0.717) is 11.4 Å². The van der Waals surface area contributed by atoms with Crippen molar-refractivity contribution in [2.24, 2.45) is 0 Å². The molecule has 3 aromatic rings. The summed E-state index contributed by atoms with van der Waals surface area (Å²) in [6.45, 7) is 3.75. The topological polar surface area (TPSA) is 73.2 Å². The summed E-state index contributed by atoms with van der Waals surface area (Å²) in [5.41, 5.74) is 3.22. The van der Waals surface area contributed by atoms with E-state index in [4.69, 9.17) is 4.74 Å². The highest BCUT2D eigenvalue weighted by molar-refractivity contribution is 9.10. The number of hydrogen-bond acceptors (Lipinski definition) is 4. The number of nitrogens with one attached hydrogen (secondary N) is 1. The van der Waals surface area contributed by atoms with Gasteiger partial charge in [0, 0.05) is 22.3 Å². The number of hydrogen-bond donors (Lipinski definition) is 1. The maximum atomic E-state index is 12.1. The van der Waals surface area contributed by atoms with Crippen LogP contribution in [-0.4, -0.2) is 22.3 Å². The van der Waals surface area contributed by atoms with E-state index in [1.54, 1.807) is 12.1 Å². The van der Waals surface area contributed by atoms with E-state index >= 15 is 0 Å². The Morgan fingerprint density at radius 1 is 1.07 bits per heavy atom. The number of benzene rings is 2. The van der Waals surface area contributed by atoms with Crippen LogP contribution in [0.3, 0.4) is 0 Å². The molecule has 6 nitrogen and oxygen atoms in total. The van der Waals surface area contributed by atoms with Crippen molar-refractivity contribution < 1.29 is 9.53 Å². The van der Waals surface area contributed by atoms with Gasteiger partial charge < -0.3 is 10.1 Å². The molecule has 0 aliphatic heterocycles. The normalized spacial score (nSPS) is 10.5. The zero-order valence-electron chi connectivity index (χ0n) is 14.9. The summed E-state index contributed by atoms with van der Waals surface area (Å²) in [5, 5.41) is 6.93. The van der Waals surface area contributed by atoms with E-state index in [-0.39, 0.29) is 24.0 Å². The Labute approximate surface area is 164 Å². The summed E-state index contributed by atoms with van der Waals surface area (Å²) in [4.78, 5) is 24.2. The fraction of sp³-hybridized carbons (Fsp3) is 0.150. The Kier molecular flexibility index (Phi) is 5.71. The van der Waals surface area contributed by atoms with E-state index < -0.39 is 0 Å². The summed E-state index contributed by atoms with van der Waals surface area (Å²) in [7, 11) is 0. The molecule has 0 aliphatic carbocycles. The SMILES string of the molecule is Cc1ccc(-n2nc(OCC(=O)Nc3ccc(Br)cc3)ccc2=O)cc1C. The zero-order valence-corrected chi connectivity index (χ0v) is 16.5. The molecule has 0 atom stereocenters. The minimum atomic E-state index is -0.317. The largest absolute Gasteiger partial charge is 0.467 e. The van der Waals surface area contributed by atoms with Crippen LogP contribution in [0, 0.1) is 13.8 Å². The van der Waals surface area contributed by atoms with Crippen molar-refractivity contribution >= 4 is 27.5 Å². The van der Waals surface area contributed by atoms with Gasteiger partial charge in [0.05, 0.1) is 5.69 Å². The molecule has 1 amide bonds. The van der Waals surface area contributed by atoms with Crippen molar-refractivity contribution in [2.75, 3.05) is 11.9 Å². The van der Waals surface area contributed by atoms with Gasteiger partial charge in [-0.15, -0.1) is 5.10 Å². The number of rotatable bonds is 5. The number of aromatic nitrogens is 2. The Hall–Kier alpha value is -2.93. The second-order valence-corrected chi connectivity index (χ2v) is 6.95. The third-order valence-electron chi connectivity index (χ3n) is 3.99. The van der Waals surface area contributed by atoms with E-state index in [1.165, 1.54) is 16.8 Å². The first-order chi connectivity index (χ1) is 12.9. The van der Waals surface area contributed by atoms with Gasteiger partial charge in [-0.05, 0) is 61.4 Å². The Balaban J connectivity index is 1.70. The lowest BCUT2D eigenvalue weighted by Crippen LogP contribution is -2.23. The zero-order chi connectivity index (χ0) is 19.4. The number of nitrogens with zero attached hydrogens (tertiary/aromatic N) is 2. The van der Waals surface area contributed by atoms with Crippen LogP contribution in [0.25, 0.3) is 5.69 Å². The second-order valence-electron chi connectivity index (χ2n) is 6.03. The average Bonchev–Trinajstić information content (AvgIpc) is 2.65. The quantitative estimate of drug-likeness (QED) is 0.674. The lowest BCUT2D eigenvalue weighted by Gasteiger charge is -2.10. The highest BCUT2D eigenvalue weighted by Gasteiger charge is 2.08. The molecule has 0 fully saturated rings. The van der Waals surface area contributed by atoms with Crippen molar-refractivity contribution in [1.29, 1.82) is 0 Å². The fourth-order valence-electron chi connectivity index (χ4n) is 2.38. The third-order valence-corrected chi connectivity index (χ3v) is 4.52. The molecule has 1 heterocycles. The monoisotopic (exact) mass is 427 g/mol. The summed E-state index contributed by atoms with van der Waals surface area (Å²) >= 11 is 3.34. The van der Waals surface area contributed by atoms with Gasteiger partial charge in [0.15, 0.2) is 6.61 Å². The number of carbonyl (C=O) groups excluding carboxylic acids is 1. The molecule has 2 aromatic carbocycles. The molecule has 0 radical (unpaired) electrons. The number of carbonyl (C=O) groups is 1. The van der Waals surface area contributed by atoms with Crippen molar-refractivity contribution in [3.8, 4) is 11.6 Å². The van der Waals surface area contributed by atoms with Gasteiger partial charge in [-0.25, -0.2) is 0 Å². The van der Waals surface area contributed by atoms with Crippen molar-refractivity contribution in [3.63, 3.8) is 0 Å². The molecule has 0 saturated heterocycles. The van der Waals surface area contributed by atoms with Gasteiger partial charge in [-0.2, -0.15) is 4.68 Å². The number of halogens is 1.